The molecule has 2 aromatic carbocycles. The predicted molar refractivity (Wildman–Crippen MR) is 99.5 cm³/mol. The number of amides is 1. The highest BCUT2D eigenvalue weighted by Crippen LogP contribution is 2.18. The van der Waals surface area contributed by atoms with Crippen LogP contribution in [0.3, 0.4) is 0 Å². The second-order valence-corrected chi connectivity index (χ2v) is 6.28. The SMILES string of the molecule is CN(C)c1ccc(CN(Cc2ccco2)C(=O)c2ccccc2F)cc1. The molecule has 0 saturated carbocycles. The molecular weight excluding hydrogens is 331 g/mol. The van der Waals surface area contributed by atoms with Crippen LogP contribution in [0.5, 0.6) is 0 Å². The summed E-state index contributed by atoms with van der Waals surface area (Å²) >= 11 is 0. The standard InChI is InChI=1S/C21H21FN2O2/c1-23(2)17-11-9-16(10-12-17)14-24(15-18-6-5-13-26-18)21(25)19-7-3-4-8-20(19)22/h3-13H,14-15H2,1-2H3. The van der Waals surface area contributed by atoms with Gasteiger partial charge >= 0.3 is 0 Å². The molecule has 0 bridgehead atoms. The Bertz CT molecular complexity index is 858. The van der Waals surface area contributed by atoms with E-state index >= 15 is 0 Å². The van der Waals surface area contributed by atoms with Gasteiger partial charge < -0.3 is 14.2 Å². The molecule has 0 aliphatic rings. The van der Waals surface area contributed by atoms with Crippen LogP contribution in [0, 0.1) is 5.82 Å². The first kappa shape index (κ1) is 17.7. The molecule has 0 N–H and O–H groups in total. The molecule has 0 spiro atoms. The van der Waals surface area contributed by atoms with Gasteiger partial charge in [0.15, 0.2) is 0 Å². The molecule has 0 aliphatic heterocycles. The van der Waals surface area contributed by atoms with Crippen molar-refractivity contribution in [3.63, 3.8) is 0 Å². The van der Waals surface area contributed by atoms with Crippen LogP contribution in [0.1, 0.15) is 21.7 Å². The van der Waals surface area contributed by atoms with Gasteiger partial charge in [-0.15, -0.1) is 0 Å². The molecule has 3 aromatic rings. The Morgan fingerprint density at radius 1 is 0.962 bits per heavy atom. The zero-order valence-electron chi connectivity index (χ0n) is 14.9. The van der Waals surface area contributed by atoms with Crippen molar-refractivity contribution in [1.29, 1.82) is 0 Å². The van der Waals surface area contributed by atoms with Gasteiger partial charge in [-0.3, -0.25) is 4.79 Å². The normalized spacial score (nSPS) is 10.6. The summed E-state index contributed by atoms with van der Waals surface area (Å²) in [5.74, 6) is -0.235. The zero-order valence-corrected chi connectivity index (χ0v) is 14.9. The van der Waals surface area contributed by atoms with Gasteiger partial charge in [-0.05, 0) is 42.0 Å². The molecule has 0 saturated heterocycles. The van der Waals surface area contributed by atoms with Crippen LogP contribution in [0.15, 0.2) is 71.3 Å². The van der Waals surface area contributed by atoms with Crippen molar-refractivity contribution in [1.82, 2.24) is 4.90 Å². The van der Waals surface area contributed by atoms with Gasteiger partial charge in [0.05, 0.1) is 18.4 Å². The average molecular weight is 352 g/mol. The van der Waals surface area contributed by atoms with Crippen molar-refractivity contribution >= 4 is 11.6 Å². The summed E-state index contributed by atoms with van der Waals surface area (Å²) in [4.78, 5) is 16.5. The van der Waals surface area contributed by atoms with Crippen molar-refractivity contribution in [3.05, 3.63) is 89.6 Å². The molecule has 4 nitrogen and oxygen atoms in total. The Balaban J connectivity index is 1.85. The topological polar surface area (TPSA) is 36.7 Å². The van der Waals surface area contributed by atoms with Crippen LogP contribution < -0.4 is 4.90 Å². The molecule has 1 heterocycles. The maximum absolute atomic E-state index is 14.1. The van der Waals surface area contributed by atoms with Crippen molar-refractivity contribution in [2.75, 3.05) is 19.0 Å². The summed E-state index contributed by atoms with van der Waals surface area (Å²) < 4.78 is 19.5. The summed E-state index contributed by atoms with van der Waals surface area (Å²) in [6.45, 7) is 0.636. The average Bonchev–Trinajstić information content (AvgIpc) is 3.14. The predicted octanol–water partition coefficient (Wildman–Crippen LogP) is 4.33. The van der Waals surface area contributed by atoms with E-state index < -0.39 is 5.82 Å². The molecule has 5 heteroatoms. The lowest BCUT2D eigenvalue weighted by molar-refractivity contribution is 0.0713. The third-order valence-corrected chi connectivity index (χ3v) is 4.14. The number of carbonyl (C=O) groups excluding carboxylic acids is 1. The number of hydrogen-bond donors (Lipinski definition) is 0. The Morgan fingerprint density at radius 3 is 2.31 bits per heavy atom. The molecule has 0 fully saturated rings. The van der Waals surface area contributed by atoms with E-state index in [4.69, 9.17) is 4.42 Å². The van der Waals surface area contributed by atoms with E-state index in [-0.39, 0.29) is 18.0 Å². The smallest absolute Gasteiger partial charge is 0.257 e. The van der Waals surface area contributed by atoms with E-state index in [1.54, 1.807) is 35.4 Å². The van der Waals surface area contributed by atoms with E-state index in [9.17, 15) is 9.18 Å². The lowest BCUT2D eigenvalue weighted by Gasteiger charge is -2.23. The molecule has 0 aliphatic carbocycles. The van der Waals surface area contributed by atoms with Gasteiger partial charge in [-0.2, -0.15) is 0 Å². The van der Waals surface area contributed by atoms with Crippen LogP contribution in [-0.4, -0.2) is 24.9 Å². The highest BCUT2D eigenvalue weighted by Gasteiger charge is 2.20. The van der Waals surface area contributed by atoms with Crippen molar-refractivity contribution < 1.29 is 13.6 Å². The third-order valence-electron chi connectivity index (χ3n) is 4.14. The minimum Gasteiger partial charge on any atom is -0.467 e. The summed E-state index contributed by atoms with van der Waals surface area (Å²) in [7, 11) is 3.94. The van der Waals surface area contributed by atoms with Gasteiger partial charge in [-0.1, -0.05) is 24.3 Å². The Morgan fingerprint density at radius 2 is 1.69 bits per heavy atom. The Hall–Kier alpha value is -3.08. The molecule has 0 unspecified atom stereocenters. The highest BCUT2D eigenvalue weighted by molar-refractivity contribution is 5.94. The first-order valence-corrected chi connectivity index (χ1v) is 8.37. The van der Waals surface area contributed by atoms with Crippen LogP contribution in [-0.2, 0) is 13.1 Å². The minimum absolute atomic E-state index is 0.0592. The number of halogens is 1. The largest absolute Gasteiger partial charge is 0.467 e. The lowest BCUT2D eigenvalue weighted by atomic mass is 10.1. The lowest BCUT2D eigenvalue weighted by Crippen LogP contribution is -2.30. The molecule has 3 rings (SSSR count). The van der Waals surface area contributed by atoms with Gasteiger partial charge in [0, 0.05) is 26.3 Å². The number of hydrogen-bond acceptors (Lipinski definition) is 3. The van der Waals surface area contributed by atoms with E-state index in [2.05, 4.69) is 0 Å². The fraction of sp³-hybridized carbons (Fsp3) is 0.190. The highest BCUT2D eigenvalue weighted by atomic mass is 19.1. The summed E-state index contributed by atoms with van der Waals surface area (Å²) in [5.41, 5.74) is 2.10. The second kappa shape index (κ2) is 7.87. The molecule has 1 aromatic heterocycles. The van der Waals surface area contributed by atoms with Crippen LogP contribution in [0.2, 0.25) is 0 Å². The Kier molecular flexibility index (Phi) is 5.37. The van der Waals surface area contributed by atoms with Crippen molar-refractivity contribution in [2.45, 2.75) is 13.1 Å². The monoisotopic (exact) mass is 352 g/mol. The second-order valence-electron chi connectivity index (χ2n) is 6.28. The number of nitrogens with zero attached hydrogens (tertiary/aromatic N) is 2. The van der Waals surface area contributed by atoms with Crippen LogP contribution in [0.4, 0.5) is 10.1 Å². The molecule has 0 radical (unpaired) electrons. The number of benzene rings is 2. The number of carbonyl (C=O) groups is 1. The van der Waals surface area contributed by atoms with E-state index in [0.717, 1.165) is 11.3 Å². The third kappa shape index (κ3) is 4.11. The molecule has 1 amide bonds. The number of furan rings is 1. The fourth-order valence-electron chi connectivity index (χ4n) is 2.72. The number of anilines is 1. The number of rotatable bonds is 6. The molecule has 26 heavy (non-hydrogen) atoms. The molecular formula is C21H21FN2O2. The van der Waals surface area contributed by atoms with E-state index in [0.29, 0.717) is 12.3 Å². The minimum atomic E-state index is -0.523. The maximum atomic E-state index is 14.1. The summed E-state index contributed by atoms with van der Waals surface area (Å²) in [6.07, 6.45) is 1.56. The zero-order chi connectivity index (χ0) is 18.5. The van der Waals surface area contributed by atoms with Gasteiger partial charge in [0.1, 0.15) is 11.6 Å². The summed E-state index contributed by atoms with van der Waals surface area (Å²) in [6, 6.07) is 17.5. The summed E-state index contributed by atoms with van der Waals surface area (Å²) in [5, 5.41) is 0. The Labute approximate surface area is 152 Å². The maximum Gasteiger partial charge on any atom is 0.257 e. The van der Waals surface area contributed by atoms with Gasteiger partial charge in [-0.25, -0.2) is 4.39 Å². The van der Waals surface area contributed by atoms with Crippen molar-refractivity contribution in [2.24, 2.45) is 0 Å². The molecule has 0 atom stereocenters. The first-order chi connectivity index (χ1) is 12.5. The van der Waals surface area contributed by atoms with Gasteiger partial charge in [0.2, 0.25) is 0 Å². The van der Waals surface area contributed by atoms with Crippen LogP contribution >= 0.6 is 0 Å². The van der Waals surface area contributed by atoms with Crippen molar-refractivity contribution in [3.8, 4) is 0 Å². The van der Waals surface area contributed by atoms with E-state index in [1.165, 1.54) is 12.1 Å². The fourth-order valence-corrected chi connectivity index (χ4v) is 2.72. The van der Waals surface area contributed by atoms with E-state index in [1.807, 2.05) is 43.3 Å². The quantitative estimate of drug-likeness (QED) is 0.663. The van der Waals surface area contributed by atoms with Gasteiger partial charge in [0.25, 0.3) is 5.91 Å². The first-order valence-electron chi connectivity index (χ1n) is 8.37. The van der Waals surface area contributed by atoms with Crippen LogP contribution in [0.25, 0.3) is 0 Å². The molecule has 134 valence electrons.